The van der Waals surface area contributed by atoms with Gasteiger partial charge in [-0.1, -0.05) is 42.5 Å². The Labute approximate surface area is 227 Å². The number of benzene rings is 3. The Balaban J connectivity index is 1.57. The molecule has 40 heavy (non-hydrogen) atoms. The summed E-state index contributed by atoms with van der Waals surface area (Å²) in [6.45, 7) is -0.539. The van der Waals surface area contributed by atoms with Gasteiger partial charge in [-0.2, -0.15) is 18.3 Å². The lowest BCUT2D eigenvalue weighted by molar-refractivity contribution is -0.137. The number of carbonyl (C=O) groups excluding carboxylic acids is 2. The number of halogens is 4. The Kier molecular flexibility index (Phi) is 8.80. The van der Waals surface area contributed by atoms with E-state index >= 15 is 0 Å². The first-order chi connectivity index (χ1) is 19.2. The minimum atomic E-state index is -4.69. The lowest BCUT2D eigenvalue weighted by Crippen LogP contribution is -2.42. The minimum Gasteiger partial charge on any atom is -0.383 e. The summed E-state index contributed by atoms with van der Waals surface area (Å²) in [7, 11) is 1.39. The summed E-state index contributed by atoms with van der Waals surface area (Å²) in [6.07, 6.45) is -4.69. The van der Waals surface area contributed by atoms with Crippen LogP contribution in [-0.2, 0) is 15.7 Å². The maximum Gasteiger partial charge on any atom is 0.418 e. The molecule has 0 aliphatic rings. The van der Waals surface area contributed by atoms with Gasteiger partial charge in [0, 0.05) is 25.3 Å². The molecule has 0 spiro atoms. The smallest absolute Gasteiger partial charge is 0.383 e. The van der Waals surface area contributed by atoms with E-state index in [1.807, 2.05) is 30.3 Å². The summed E-state index contributed by atoms with van der Waals surface area (Å²) >= 11 is 0. The van der Waals surface area contributed by atoms with Gasteiger partial charge in [-0.25, -0.2) is 13.9 Å². The van der Waals surface area contributed by atoms with Crippen LogP contribution in [0.4, 0.5) is 33.9 Å². The summed E-state index contributed by atoms with van der Waals surface area (Å²) < 4.78 is 60.2. The van der Waals surface area contributed by atoms with Gasteiger partial charge < -0.3 is 20.3 Å². The number of urea groups is 1. The van der Waals surface area contributed by atoms with Crippen molar-refractivity contribution in [2.24, 2.45) is 0 Å². The molecule has 0 unspecified atom stereocenters. The van der Waals surface area contributed by atoms with Crippen molar-refractivity contribution in [2.75, 3.05) is 37.4 Å². The zero-order valence-corrected chi connectivity index (χ0v) is 21.3. The number of ether oxygens (including phenoxy) is 1. The van der Waals surface area contributed by atoms with E-state index in [-0.39, 0.29) is 19.0 Å². The van der Waals surface area contributed by atoms with Crippen molar-refractivity contribution < 1.29 is 31.9 Å². The molecular formula is C28H25F4N5O3. The second-order valence-corrected chi connectivity index (χ2v) is 8.61. The molecule has 4 aromatic rings. The molecule has 0 saturated carbocycles. The number of carbonyl (C=O) groups is 2. The van der Waals surface area contributed by atoms with Gasteiger partial charge in [-0.05, 0) is 36.4 Å². The standard InChI is InChI=1S/C28H25F4N5O3/c1-40-16-15-36(27(39)33-23-10-6-5-9-22(23)28(30,31)32)18-26(38)34-25-17-24(19-7-3-2-4-8-19)35-37(25)21-13-11-20(29)12-14-21/h2-14,17H,15-16,18H2,1H3,(H,33,39)(H,34,38). The maximum absolute atomic E-state index is 13.5. The van der Waals surface area contributed by atoms with Gasteiger partial charge in [0.1, 0.15) is 18.2 Å². The lowest BCUT2D eigenvalue weighted by atomic mass is 10.1. The molecule has 1 aromatic heterocycles. The van der Waals surface area contributed by atoms with Gasteiger partial charge in [0.05, 0.1) is 29.2 Å². The number of nitrogens with zero attached hydrogens (tertiary/aromatic N) is 3. The van der Waals surface area contributed by atoms with Crippen LogP contribution in [0.1, 0.15) is 5.56 Å². The fraction of sp³-hybridized carbons (Fsp3) is 0.179. The number of hydrogen-bond acceptors (Lipinski definition) is 4. The van der Waals surface area contributed by atoms with Gasteiger partial charge in [0.15, 0.2) is 0 Å². The van der Waals surface area contributed by atoms with Crippen LogP contribution in [-0.4, -0.2) is 53.4 Å². The van der Waals surface area contributed by atoms with Crippen LogP contribution in [0.3, 0.4) is 0 Å². The summed E-state index contributed by atoms with van der Waals surface area (Å²) in [5.41, 5.74) is 0.304. The molecule has 0 aliphatic heterocycles. The summed E-state index contributed by atoms with van der Waals surface area (Å²) in [5.74, 6) is -0.847. The molecule has 4 rings (SSSR count). The third kappa shape index (κ3) is 7.03. The number of nitrogens with one attached hydrogen (secondary N) is 2. The Morgan fingerprint density at radius 2 is 1.62 bits per heavy atom. The third-order valence-corrected chi connectivity index (χ3v) is 5.78. The van der Waals surface area contributed by atoms with Gasteiger partial charge in [0.25, 0.3) is 0 Å². The van der Waals surface area contributed by atoms with E-state index in [1.54, 1.807) is 6.07 Å². The number of hydrogen-bond donors (Lipinski definition) is 2. The van der Waals surface area contributed by atoms with E-state index in [0.29, 0.717) is 11.4 Å². The molecule has 3 aromatic carbocycles. The number of alkyl halides is 3. The van der Waals surface area contributed by atoms with Crippen LogP contribution >= 0.6 is 0 Å². The number of aromatic nitrogens is 2. The van der Waals surface area contributed by atoms with Crippen LogP contribution in [0.15, 0.2) is 84.9 Å². The first kappa shape index (κ1) is 28.3. The number of methoxy groups -OCH3 is 1. The first-order valence-corrected chi connectivity index (χ1v) is 12.1. The van der Waals surface area contributed by atoms with Crippen molar-refractivity contribution >= 4 is 23.4 Å². The van der Waals surface area contributed by atoms with E-state index in [4.69, 9.17) is 4.74 Å². The maximum atomic E-state index is 13.5. The zero-order chi connectivity index (χ0) is 28.7. The Hall–Kier alpha value is -4.71. The molecule has 12 heteroatoms. The number of amides is 3. The topological polar surface area (TPSA) is 88.5 Å². The highest BCUT2D eigenvalue weighted by molar-refractivity contribution is 5.97. The molecule has 1 heterocycles. The summed E-state index contributed by atoms with van der Waals surface area (Å²) in [5, 5.41) is 9.49. The third-order valence-electron chi connectivity index (χ3n) is 5.78. The van der Waals surface area contributed by atoms with Crippen LogP contribution in [0.2, 0.25) is 0 Å². The zero-order valence-electron chi connectivity index (χ0n) is 21.3. The predicted octanol–water partition coefficient (Wildman–Crippen LogP) is 5.82. The number of para-hydroxylation sites is 1. The van der Waals surface area contributed by atoms with Gasteiger partial charge in [-0.15, -0.1) is 0 Å². The van der Waals surface area contributed by atoms with Crippen molar-refractivity contribution in [3.05, 3.63) is 96.3 Å². The van der Waals surface area contributed by atoms with E-state index in [0.717, 1.165) is 22.6 Å². The fourth-order valence-corrected chi connectivity index (χ4v) is 3.84. The second-order valence-electron chi connectivity index (χ2n) is 8.61. The monoisotopic (exact) mass is 555 g/mol. The van der Waals surface area contributed by atoms with Crippen molar-refractivity contribution in [2.45, 2.75) is 6.18 Å². The van der Waals surface area contributed by atoms with Crippen LogP contribution in [0.25, 0.3) is 16.9 Å². The summed E-state index contributed by atoms with van der Waals surface area (Å²) in [6, 6.07) is 19.9. The summed E-state index contributed by atoms with van der Waals surface area (Å²) in [4.78, 5) is 27.1. The molecule has 0 atom stereocenters. The quantitative estimate of drug-likeness (QED) is 0.255. The highest BCUT2D eigenvalue weighted by Crippen LogP contribution is 2.34. The Morgan fingerprint density at radius 1 is 0.950 bits per heavy atom. The predicted molar refractivity (Wildman–Crippen MR) is 141 cm³/mol. The molecule has 2 N–H and O–H groups in total. The van der Waals surface area contributed by atoms with E-state index in [9.17, 15) is 27.2 Å². The second kappa shape index (κ2) is 12.4. The minimum absolute atomic E-state index is 0.0350. The van der Waals surface area contributed by atoms with Crippen molar-refractivity contribution in [1.82, 2.24) is 14.7 Å². The Bertz CT molecular complexity index is 1460. The molecular weight excluding hydrogens is 530 g/mol. The number of anilines is 2. The Morgan fingerprint density at radius 3 is 2.30 bits per heavy atom. The van der Waals surface area contributed by atoms with E-state index in [1.165, 1.54) is 48.2 Å². The molecule has 3 amide bonds. The van der Waals surface area contributed by atoms with Gasteiger partial charge in [0.2, 0.25) is 5.91 Å². The van der Waals surface area contributed by atoms with Gasteiger partial charge in [-0.3, -0.25) is 4.79 Å². The van der Waals surface area contributed by atoms with Crippen LogP contribution < -0.4 is 10.6 Å². The average molecular weight is 556 g/mol. The molecule has 0 aliphatic carbocycles. The molecule has 0 saturated heterocycles. The van der Waals surface area contributed by atoms with E-state index < -0.39 is 41.7 Å². The molecule has 8 nitrogen and oxygen atoms in total. The molecule has 0 bridgehead atoms. The highest BCUT2D eigenvalue weighted by atomic mass is 19.4. The largest absolute Gasteiger partial charge is 0.418 e. The fourth-order valence-electron chi connectivity index (χ4n) is 3.84. The van der Waals surface area contributed by atoms with Crippen molar-refractivity contribution in [3.8, 4) is 16.9 Å². The lowest BCUT2D eigenvalue weighted by Gasteiger charge is -2.23. The van der Waals surface area contributed by atoms with Crippen molar-refractivity contribution in [1.29, 1.82) is 0 Å². The highest BCUT2D eigenvalue weighted by Gasteiger charge is 2.34. The van der Waals surface area contributed by atoms with E-state index in [2.05, 4.69) is 15.7 Å². The van der Waals surface area contributed by atoms with Crippen LogP contribution in [0, 0.1) is 5.82 Å². The van der Waals surface area contributed by atoms with Crippen LogP contribution in [0.5, 0.6) is 0 Å². The molecule has 0 fully saturated rings. The number of rotatable bonds is 9. The first-order valence-electron chi connectivity index (χ1n) is 12.1. The van der Waals surface area contributed by atoms with Crippen molar-refractivity contribution in [3.63, 3.8) is 0 Å². The molecule has 208 valence electrons. The van der Waals surface area contributed by atoms with Gasteiger partial charge >= 0.3 is 12.2 Å². The average Bonchev–Trinajstić information content (AvgIpc) is 3.35. The molecule has 0 radical (unpaired) electrons. The SMILES string of the molecule is COCCN(CC(=O)Nc1cc(-c2ccccc2)nn1-c1ccc(F)cc1)C(=O)Nc1ccccc1C(F)(F)F. The normalized spacial score (nSPS) is 11.2.